The lowest BCUT2D eigenvalue weighted by Gasteiger charge is -2.12. The molecule has 0 aliphatic heterocycles. The molecule has 0 saturated carbocycles. The zero-order valence-corrected chi connectivity index (χ0v) is 14.8. The average Bonchev–Trinajstić information content (AvgIpc) is 2.97. The number of nitrogens with zero attached hydrogens (tertiary/aromatic N) is 3. The minimum atomic E-state index is -0.960. The van der Waals surface area contributed by atoms with Crippen molar-refractivity contribution in [2.24, 2.45) is 0 Å². The van der Waals surface area contributed by atoms with Crippen molar-refractivity contribution >= 4 is 5.97 Å². The normalized spacial score (nSPS) is 11.1. The molecule has 2 aromatic carbocycles. The van der Waals surface area contributed by atoms with Gasteiger partial charge in [-0.25, -0.2) is 14.5 Å². The van der Waals surface area contributed by atoms with Crippen LogP contribution >= 0.6 is 0 Å². The summed E-state index contributed by atoms with van der Waals surface area (Å²) in [5, 5.41) is 14.0. The van der Waals surface area contributed by atoms with Crippen molar-refractivity contribution in [1.82, 2.24) is 14.8 Å². The van der Waals surface area contributed by atoms with E-state index in [2.05, 4.69) is 10.1 Å². The van der Waals surface area contributed by atoms with Gasteiger partial charge in [-0.05, 0) is 43.2 Å². The standard InChI is InChI=1S/C20H21N3O2/c1-12(2)19-21-14(4)22-23(19)18-10-16(9-17(11-18)20(24)25)15-7-5-13(3)6-8-15/h5-12H,1-4H3,(H,24,25). The third kappa shape index (κ3) is 3.45. The third-order valence-corrected chi connectivity index (χ3v) is 4.05. The average molecular weight is 335 g/mol. The van der Waals surface area contributed by atoms with Crippen molar-refractivity contribution in [2.45, 2.75) is 33.6 Å². The van der Waals surface area contributed by atoms with Crippen LogP contribution in [0.15, 0.2) is 42.5 Å². The Balaban J connectivity index is 2.20. The Hall–Kier alpha value is -2.95. The molecule has 5 nitrogen and oxygen atoms in total. The molecular formula is C20H21N3O2. The molecule has 3 rings (SSSR count). The highest BCUT2D eigenvalue weighted by Crippen LogP contribution is 2.26. The highest BCUT2D eigenvalue weighted by Gasteiger charge is 2.16. The molecule has 0 spiro atoms. The van der Waals surface area contributed by atoms with E-state index in [0.717, 1.165) is 22.5 Å². The molecule has 0 fully saturated rings. The summed E-state index contributed by atoms with van der Waals surface area (Å²) < 4.78 is 1.74. The molecule has 25 heavy (non-hydrogen) atoms. The van der Waals surface area contributed by atoms with Crippen molar-refractivity contribution in [2.75, 3.05) is 0 Å². The molecule has 1 heterocycles. The lowest BCUT2D eigenvalue weighted by atomic mass is 10.0. The number of hydrogen-bond donors (Lipinski definition) is 1. The molecule has 1 N–H and O–H groups in total. The van der Waals surface area contributed by atoms with Gasteiger partial charge in [0.05, 0.1) is 11.3 Å². The van der Waals surface area contributed by atoms with E-state index in [9.17, 15) is 9.90 Å². The van der Waals surface area contributed by atoms with Crippen LogP contribution in [0.5, 0.6) is 0 Å². The number of carboxylic acids is 1. The third-order valence-electron chi connectivity index (χ3n) is 4.05. The van der Waals surface area contributed by atoms with Gasteiger partial charge in [0.15, 0.2) is 0 Å². The Morgan fingerprint density at radius 3 is 2.32 bits per heavy atom. The molecule has 0 saturated heterocycles. The topological polar surface area (TPSA) is 68.0 Å². The summed E-state index contributed by atoms with van der Waals surface area (Å²) in [6.07, 6.45) is 0. The minimum absolute atomic E-state index is 0.178. The van der Waals surface area contributed by atoms with Crippen molar-refractivity contribution in [3.8, 4) is 16.8 Å². The molecule has 0 aliphatic rings. The predicted molar refractivity (Wildman–Crippen MR) is 97.3 cm³/mol. The Morgan fingerprint density at radius 2 is 1.72 bits per heavy atom. The molecule has 1 aromatic heterocycles. The van der Waals surface area contributed by atoms with Crippen molar-refractivity contribution in [1.29, 1.82) is 0 Å². The van der Waals surface area contributed by atoms with Gasteiger partial charge < -0.3 is 5.11 Å². The number of aryl methyl sites for hydroxylation is 2. The second kappa shape index (κ2) is 6.51. The summed E-state index contributed by atoms with van der Waals surface area (Å²) in [6.45, 7) is 7.95. The van der Waals surface area contributed by atoms with Crippen molar-refractivity contribution < 1.29 is 9.90 Å². The Morgan fingerprint density at radius 1 is 1.04 bits per heavy atom. The van der Waals surface area contributed by atoms with Crippen molar-refractivity contribution in [3.05, 3.63) is 65.2 Å². The van der Waals surface area contributed by atoms with E-state index >= 15 is 0 Å². The fourth-order valence-electron chi connectivity index (χ4n) is 2.76. The number of hydrogen-bond acceptors (Lipinski definition) is 3. The summed E-state index contributed by atoms with van der Waals surface area (Å²) >= 11 is 0. The maximum Gasteiger partial charge on any atom is 0.335 e. The first-order valence-corrected chi connectivity index (χ1v) is 8.24. The Kier molecular flexibility index (Phi) is 4.40. The van der Waals surface area contributed by atoms with Crippen LogP contribution in [-0.4, -0.2) is 25.8 Å². The molecule has 0 bridgehead atoms. The first-order chi connectivity index (χ1) is 11.8. The number of benzene rings is 2. The van der Waals surface area contributed by atoms with Crippen LogP contribution in [0, 0.1) is 13.8 Å². The highest BCUT2D eigenvalue weighted by atomic mass is 16.4. The van der Waals surface area contributed by atoms with Crippen molar-refractivity contribution in [3.63, 3.8) is 0 Å². The van der Waals surface area contributed by atoms with Gasteiger partial charge in [0.1, 0.15) is 11.6 Å². The van der Waals surface area contributed by atoms with Gasteiger partial charge in [-0.1, -0.05) is 43.7 Å². The summed E-state index contributed by atoms with van der Waals surface area (Å²) in [7, 11) is 0. The number of aromatic nitrogens is 3. The number of rotatable bonds is 4. The fraction of sp³-hybridized carbons (Fsp3) is 0.250. The van der Waals surface area contributed by atoms with E-state index in [1.54, 1.807) is 16.8 Å². The first kappa shape index (κ1) is 16.9. The number of carboxylic acid groups (broad SMARTS) is 1. The van der Waals surface area contributed by atoms with E-state index in [1.165, 1.54) is 0 Å². The van der Waals surface area contributed by atoms with E-state index < -0.39 is 5.97 Å². The first-order valence-electron chi connectivity index (χ1n) is 8.24. The molecule has 5 heteroatoms. The highest BCUT2D eigenvalue weighted by molar-refractivity contribution is 5.90. The van der Waals surface area contributed by atoms with E-state index in [4.69, 9.17) is 0 Å². The summed E-state index contributed by atoms with van der Waals surface area (Å²) in [6, 6.07) is 13.3. The van der Waals surface area contributed by atoms with Gasteiger partial charge in [-0.3, -0.25) is 0 Å². The van der Waals surface area contributed by atoms with Crippen LogP contribution in [0.2, 0.25) is 0 Å². The van der Waals surface area contributed by atoms with E-state index in [0.29, 0.717) is 11.5 Å². The molecule has 0 radical (unpaired) electrons. The van der Waals surface area contributed by atoms with Gasteiger partial charge in [-0.15, -0.1) is 0 Å². The zero-order valence-electron chi connectivity index (χ0n) is 14.8. The predicted octanol–water partition coefficient (Wildman–Crippen LogP) is 4.37. The molecule has 0 aliphatic carbocycles. The van der Waals surface area contributed by atoms with Gasteiger partial charge in [0.25, 0.3) is 0 Å². The second-order valence-electron chi connectivity index (χ2n) is 6.52. The molecule has 0 unspecified atom stereocenters. The molecule has 0 atom stereocenters. The zero-order chi connectivity index (χ0) is 18.1. The number of aromatic carboxylic acids is 1. The quantitative estimate of drug-likeness (QED) is 0.768. The largest absolute Gasteiger partial charge is 0.478 e. The fourth-order valence-corrected chi connectivity index (χ4v) is 2.76. The summed E-state index contributed by atoms with van der Waals surface area (Å²) in [5.74, 6) is 0.701. The van der Waals surface area contributed by atoms with Gasteiger partial charge in [-0.2, -0.15) is 5.10 Å². The molecular weight excluding hydrogens is 314 g/mol. The lowest BCUT2D eigenvalue weighted by Crippen LogP contribution is -2.07. The van der Waals surface area contributed by atoms with Crippen LogP contribution in [-0.2, 0) is 0 Å². The molecule has 3 aromatic rings. The van der Waals surface area contributed by atoms with Crippen LogP contribution < -0.4 is 0 Å². The Labute approximate surface area is 147 Å². The van der Waals surface area contributed by atoms with E-state index in [-0.39, 0.29) is 11.5 Å². The SMILES string of the molecule is Cc1ccc(-c2cc(C(=O)O)cc(-n3nc(C)nc3C(C)C)c2)cc1. The molecule has 128 valence electrons. The van der Waals surface area contributed by atoms with Crippen LogP contribution in [0.3, 0.4) is 0 Å². The maximum atomic E-state index is 11.6. The second-order valence-corrected chi connectivity index (χ2v) is 6.52. The Bertz CT molecular complexity index is 925. The molecule has 0 amide bonds. The van der Waals surface area contributed by atoms with Crippen LogP contribution in [0.1, 0.15) is 47.3 Å². The van der Waals surface area contributed by atoms with Gasteiger partial charge >= 0.3 is 5.97 Å². The lowest BCUT2D eigenvalue weighted by molar-refractivity contribution is 0.0697. The number of carbonyl (C=O) groups is 1. The maximum absolute atomic E-state index is 11.6. The summed E-state index contributed by atoms with van der Waals surface area (Å²) in [5.41, 5.74) is 3.92. The van der Waals surface area contributed by atoms with E-state index in [1.807, 2.05) is 58.0 Å². The van der Waals surface area contributed by atoms with Crippen LogP contribution in [0.4, 0.5) is 0 Å². The monoisotopic (exact) mass is 335 g/mol. The minimum Gasteiger partial charge on any atom is -0.478 e. The van der Waals surface area contributed by atoms with Gasteiger partial charge in [0, 0.05) is 5.92 Å². The van der Waals surface area contributed by atoms with Crippen LogP contribution in [0.25, 0.3) is 16.8 Å². The van der Waals surface area contributed by atoms with Gasteiger partial charge in [0.2, 0.25) is 0 Å². The smallest absolute Gasteiger partial charge is 0.335 e. The summed E-state index contributed by atoms with van der Waals surface area (Å²) in [4.78, 5) is 16.1.